The van der Waals surface area contributed by atoms with E-state index < -0.39 is 29.4 Å². The van der Waals surface area contributed by atoms with Crippen LogP contribution >= 0.6 is 11.6 Å². The maximum Gasteiger partial charge on any atom is 0.252 e. The molecule has 0 fully saturated rings. The van der Waals surface area contributed by atoms with Crippen molar-refractivity contribution in [3.63, 3.8) is 0 Å². The van der Waals surface area contributed by atoms with E-state index in [0.717, 1.165) is 18.2 Å². The van der Waals surface area contributed by atoms with Crippen LogP contribution in [0.3, 0.4) is 0 Å². The Morgan fingerprint density at radius 1 is 1.04 bits per heavy atom. The summed E-state index contributed by atoms with van der Waals surface area (Å²) < 4.78 is 40.8. The van der Waals surface area contributed by atoms with Crippen molar-refractivity contribution < 1.29 is 18.0 Å². The van der Waals surface area contributed by atoms with Gasteiger partial charge in [0, 0.05) is 11.8 Å². The van der Waals surface area contributed by atoms with Crippen LogP contribution in [0.2, 0.25) is 5.02 Å². The molecule has 0 spiro atoms. The molecule has 0 aliphatic heterocycles. The molecule has 1 atom stereocenters. The van der Waals surface area contributed by atoms with Gasteiger partial charge in [-0.2, -0.15) is 5.26 Å². The standard InChI is InChI=1S/C20H11ClF3N3O/c21-14-4-6-18(26-10-14)19(11-3-5-15(22)17(24)7-11)27-20(28)12-1-2-13(9-25)16(23)8-12/h1-8,10,19H,(H,27,28). The Hall–Kier alpha value is -3.37. The van der Waals surface area contributed by atoms with Crippen molar-refractivity contribution in [3.8, 4) is 6.07 Å². The SMILES string of the molecule is N#Cc1ccc(C(=O)NC(c2ccc(F)c(F)c2)c2ccc(Cl)cn2)cc1F. The van der Waals surface area contributed by atoms with Crippen molar-refractivity contribution in [3.05, 3.63) is 99.6 Å². The summed E-state index contributed by atoms with van der Waals surface area (Å²) in [6, 6.07) is 10.3. The van der Waals surface area contributed by atoms with Crippen LogP contribution in [0, 0.1) is 28.8 Å². The summed E-state index contributed by atoms with van der Waals surface area (Å²) in [4.78, 5) is 16.7. The topological polar surface area (TPSA) is 65.8 Å². The summed E-state index contributed by atoms with van der Waals surface area (Å²) in [7, 11) is 0. The number of carbonyl (C=O) groups excluding carboxylic acids is 1. The molecular formula is C20H11ClF3N3O. The molecule has 0 radical (unpaired) electrons. The maximum atomic E-state index is 13.8. The second-order valence-corrected chi connectivity index (χ2v) is 6.22. The number of amides is 1. The first-order valence-corrected chi connectivity index (χ1v) is 8.33. The summed E-state index contributed by atoms with van der Waals surface area (Å²) in [5.41, 5.74) is 0.306. The van der Waals surface area contributed by atoms with Crippen LogP contribution in [0.5, 0.6) is 0 Å². The normalized spacial score (nSPS) is 11.5. The zero-order valence-corrected chi connectivity index (χ0v) is 14.8. The van der Waals surface area contributed by atoms with Gasteiger partial charge in [0.1, 0.15) is 11.9 Å². The second kappa shape index (κ2) is 8.11. The van der Waals surface area contributed by atoms with E-state index in [1.165, 1.54) is 36.5 Å². The summed E-state index contributed by atoms with van der Waals surface area (Å²) >= 11 is 5.83. The lowest BCUT2D eigenvalue weighted by Crippen LogP contribution is -2.30. The van der Waals surface area contributed by atoms with Crippen molar-refractivity contribution in [2.45, 2.75) is 6.04 Å². The fourth-order valence-electron chi connectivity index (χ4n) is 2.54. The lowest BCUT2D eigenvalue weighted by molar-refractivity contribution is 0.0941. The van der Waals surface area contributed by atoms with Crippen LogP contribution in [0.15, 0.2) is 54.7 Å². The van der Waals surface area contributed by atoms with Crippen molar-refractivity contribution in [2.24, 2.45) is 0 Å². The Labute approximate surface area is 163 Å². The highest BCUT2D eigenvalue weighted by Crippen LogP contribution is 2.24. The maximum absolute atomic E-state index is 13.8. The average molecular weight is 402 g/mol. The molecule has 0 saturated carbocycles. The third kappa shape index (κ3) is 4.13. The molecule has 8 heteroatoms. The molecule has 2 aromatic carbocycles. The van der Waals surface area contributed by atoms with Crippen molar-refractivity contribution in [2.75, 3.05) is 0 Å². The van der Waals surface area contributed by atoms with Gasteiger partial charge < -0.3 is 5.32 Å². The van der Waals surface area contributed by atoms with Crippen LogP contribution in [-0.2, 0) is 0 Å². The Morgan fingerprint density at radius 2 is 1.82 bits per heavy atom. The van der Waals surface area contributed by atoms with Gasteiger partial charge >= 0.3 is 0 Å². The van der Waals surface area contributed by atoms with Gasteiger partial charge in [0.2, 0.25) is 0 Å². The molecule has 0 bridgehead atoms. The fraction of sp³-hybridized carbons (Fsp3) is 0.0500. The lowest BCUT2D eigenvalue weighted by Gasteiger charge is -2.19. The minimum absolute atomic E-state index is 0.0435. The van der Waals surface area contributed by atoms with Gasteiger partial charge in [-0.3, -0.25) is 9.78 Å². The first-order chi connectivity index (χ1) is 13.4. The molecule has 0 aliphatic carbocycles. The molecule has 0 aliphatic rings. The number of hydrogen-bond donors (Lipinski definition) is 1. The number of pyridine rings is 1. The van der Waals surface area contributed by atoms with E-state index in [1.54, 1.807) is 6.07 Å². The zero-order valence-electron chi connectivity index (χ0n) is 14.1. The Balaban J connectivity index is 1.98. The molecule has 28 heavy (non-hydrogen) atoms. The van der Waals surface area contributed by atoms with Crippen LogP contribution in [0.4, 0.5) is 13.2 Å². The summed E-state index contributed by atoms with van der Waals surface area (Å²) in [6.45, 7) is 0. The molecule has 3 aromatic rings. The molecule has 1 heterocycles. The third-order valence-electron chi connectivity index (χ3n) is 3.95. The van der Waals surface area contributed by atoms with Crippen LogP contribution in [0.25, 0.3) is 0 Å². The fourth-order valence-corrected chi connectivity index (χ4v) is 2.65. The Kier molecular flexibility index (Phi) is 5.62. The second-order valence-electron chi connectivity index (χ2n) is 5.79. The van der Waals surface area contributed by atoms with Gasteiger partial charge in [-0.25, -0.2) is 13.2 Å². The van der Waals surface area contributed by atoms with Crippen LogP contribution in [-0.4, -0.2) is 10.9 Å². The van der Waals surface area contributed by atoms with Crippen LogP contribution in [0.1, 0.15) is 33.2 Å². The predicted octanol–water partition coefficient (Wildman–Crippen LogP) is 4.54. The van der Waals surface area contributed by atoms with Gasteiger partial charge in [-0.1, -0.05) is 17.7 Å². The predicted molar refractivity (Wildman–Crippen MR) is 96.0 cm³/mol. The van der Waals surface area contributed by atoms with Crippen molar-refractivity contribution >= 4 is 17.5 Å². The minimum Gasteiger partial charge on any atom is -0.340 e. The molecule has 0 saturated heterocycles. The number of nitrogens with zero attached hydrogens (tertiary/aromatic N) is 2. The van der Waals surface area contributed by atoms with E-state index >= 15 is 0 Å². The third-order valence-corrected chi connectivity index (χ3v) is 4.17. The van der Waals surface area contributed by atoms with Gasteiger partial charge in [0.05, 0.1) is 22.3 Å². The van der Waals surface area contributed by atoms with Crippen LogP contribution < -0.4 is 5.32 Å². The first-order valence-electron chi connectivity index (χ1n) is 7.96. The number of aromatic nitrogens is 1. The number of hydrogen-bond acceptors (Lipinski definition) is 3. The molecule has 1 N–H and O–H groups in total. The highest BCUT2D eigenvalue weighted by molar-refractivity contribution is 6.30. The number of carbonyl (C=O) groups is 1. The molecule has 1 amide bonds. The quantitative estimate of drug-likeness (QED) is 0.697. The van der Waals surface area contributed by atoms with E-state index in [2.05, 4.69) is 10.3 Å². The average Bonchev–Trinajstić information content (AvgIpc) is 2.69. The largest absolute Gasteiger partial charge is 0.340 e. The summed E-state index contributed by atoms with van der Waals surface area (Å²) in [5, 5.41) is 11.8. The van der Waals surface area contributed by atoms with E-state index in [4.69, 9.17) is 16.9 Å². The lowest BCUT2D eigenvalue weighted by atomic mass is 10.0. The minimum atomic E-state index is -1.09. The molecule has 1 unspecified atom stereocenters. The Morgan fingerprint density at radius 3 is 2.43 bits per heavy atom. The molecular weight excluding hydrogens is 391 g/mol. The number of rotatable bonds is 4. The summed E-state index contributed by atoms with van der Waals surface area (Å²) in [5.74, 6) is -3.65. The zero-order chi connectivity index (χ0) is 20.3. The monoisotopic (exact) mass is 401 g/mol. The highest BCUT2D eigenvalue weighted by Gasteiger charge is 2.21. The van der Waals surface area contributed by atoms with E-state index in [0.29, 0.717) is 10.7 Å². The van der Waals surface area contributed by atoms with E-state index in [1.807, 2.05) is 0 Å². The molecule has 140 valence electrons. The van der Waals surface area contributed by atoms with Gasteiger partial charge in [0.15, 0.2) is 11.6 Å². The number of benzene rings is 2. The van der Waals surface area contributed by atoms with Gasteiger partial charge in [-0.15, -0.1) is 0 Å². The van der Waals surface area contributed by atoms with E-state index in [9.17, 15) is 18.0 Å². The van der Waals surface area contributed by atoms with Crippen molar-refractivity contribution in [1.82, 2.24) is 10.3 Å². The number of halogens is 4. The van der Waals surface area contributed by atoms with Crippen molar-refractivity contribution in [1.29, 1.82) is 5.26 Å². The van der Waals surface area contributed by atoms with E-state index in [-0.39, 0.29) is 16.7 Å². The first kappa shape index (κ1) is 19.4. The van der Waals surface area contributed by atoms with Gasteiger partial charge in [-0.05, 0) is 48.0 Å². The summed E-state index contributed by atoms with van der Waals surface area (Å²) in [6.07, 6.45) is 1.34. The number of nitrogens with one attached hydrogen (secondary N) is 1. The molecule has 3 rings (SSSR count). The smallest absolute Gasteiger partial charge is 0.252 e. The molecule has 1 aromatic heterocycles. The number of nitriles is 1. The van der Waals surface area contributed by atoms with Gasteiger partial charge in [0.25, 0.3) is 5.91 Å². The Bertz CT molecular complexity index is 1080. The highest BCUT2D eigenvalue weighted by atomic mass is 35.5. The molecule has 4 nitrogen and oxygen atoms in total.